The van der Waals surface area contributed by atoms with Crippen LogP contribution in [-0.2, 0) is 9.53 Å². The van der Waals surface area contributed by atoms with Crippen molar-refractivity contribution in [1.29, 1.82) is 0 Å². The predicted molar refractivity (Wildman–Crippen MR) is 101 cm³/mol. The van der Waals surface area contributed by atoms with Crippen LogP contribution in [-0.4, -0.2) is 35.3 Å². The lowest BCUT2D eigenvalue weighted by Gasteiger charge is -2.07. The van der Waals surface area contributed by atoms with Crippen molar-refractivity contribution in [2.24, 2.45) is 0 Å². The molecule has 0 aliphatic heterocycles. The second-order valence-corrected chi connectivity index (χ2v) is 7.44. The van der Waals surface area contributed by atoms with Crippen molar-refractivity contribution >= 4 is 17.7 Å². The molecule has 1 unspecified atom stereocenters. The third-order valence-corrected chi connectivity index (χ3v) is 5.11. The van der Waals surface area contributed by atoms with Gasteiger partial charge in [-0.1, -0.05) is 71.6 Å². The molecule has 0 fully saturated rings. The Labute approximate surface area is 148 Å². The maximum absolute atomic E-state index is 11.5. The van der Waals surface area contributed by atoms with E-state index < -0.39 is 0 Å². The first kappa shape index (κ1) is 22.8. The fourth-order valence-corrected chi connectivity index (χ4v) is 3.33. The molecule has 0 amide bonds. The lowest BCUT2D eigenvalue weighted by Crippen LogP contribution is -2.10. The Kier molecular flexibility index (Phi) is 18.0. The number of carbonyl (C=O) groups excluding carboxylic acids is 1. The normalized spacial score (nSPS) is 12.3. The van der Waals surface area contributed by atoms with E-state index in [1.54, 1.807) is 11.8 Å². The summed E-state index contributed by atoms with van der Waals surface area (Å²) in [6.45, 7) is 4.78. The predicted octanol–water partition coefficient (Wildman–Crippen LogP) is 5.34. The zero-order valence-corrected chi connectivity index (χ0v) is 16.2. The van der Waals surface area contributed by atoms with Crippen LogP contribution in [0.2, 0.25) is 0 Å². The Morgan fingerprint density at radius 3 is 2.09 bits per heavy atom. The molecule has 4 heteroatoms. The number of aliphatic hydroxyl groups is 1. The molecule has 0 saturated heterocycles. The maximum atomic E-state index is 11.5. The summed E-state index contributed by atoms with van der Waals surface area (Å²) in [4.78, 5) is 11.5. The van der Waals surface area contributed by atoms with Crippen molar-refractivity contribution in [3.63, 3.8) is 0 Å². The average Bonchev–Trinajstić information content (AvgIpc) is 2.56. The van der Waals surface area contributed by atoms with Gasteiger partial charge >= 0.3 is 5.97 Å². The van der Waals surface area contributed by atoms with E-state index in [9.17, 15) is 9.90 Å². The van der Waals surface area contributed by atoms with Crippen LogP contribution >= 0.6 is 11.8 Å². The first-order chi connectivity index (χ1) is 11.2. The van der Waals surface area contributed by atoms with Gasteiger partial charge in [0.15, 0.2) is 0 Å². The van der Waals surface area contributed by atoms with E-state index in [1.165, 1.54) is 57.8 Å². The Hall–Kier alpha value is -0.220. The van der Waals surface area contributed by atoms with Gasteiger partial charge in [-0.25, -0.2) is 0 Å². The highest BCUT2D eigenvalue weighted by atomic mass is 32.2. The summed E-state index contributed by atoms with van der Waals surface area (Å²) in [5, 5.41) is 9.40. The van der Waals surface area contributed by atoms with E-state index in [2.05, 4.69) is 6.92 Å². The van der Waals surface area contributed by atoms with Crippen molar-refractivity contribution in [1.82, 2.24) is 0 Å². The van der Waals surface area contributed by atoms with Gasteiger partial charge in [-0.3, -0.25) is 4.79 Å². The number of unbranched alkanes of at least 4 members (excludes halogenated alkanes) is 9. The summed E-state index contributed by atoms with van der Waals surface area (Å²) in [5.74, 6) is 1.36. The van der Waals surface area contributed by atoms with E-state index in [1.807, 2.05) is 6.92 Å². The first-order valence-electron chi connectivity index (χ1n) is 9.62. The molecule has 0 aromatic rings. The van der Waals surface area contributed by atoms with Crippen molar-refractivity contribution in [3.8, 4) is 0 Å². The topological polar surface area (TPSA) is 46.5 Å². The van der Waals surface area contributed by atoms with Crippen LogP contribution in [0.25, 0.3) is 0 Å². The SMILES string of the molecule is CCCCCCCCCCCCOC(=O)CCSCC(O)CC. The molecular formula is C19H38O3S. The molecule has 0 aromatic carbocycles. The summed E-state index contributed by atoms with van der Waals surface area (Å²) < 4.78 is 5.23. The molecule has 0 aromatic heterocycles. The summed E-state index contributed by atoms with van der Waals surface area (Å²) in [5.41, 5.74) is 0. The van der Waals surface area contributed by atoms with E-state index in [-0.39, 0.29) is 12.1 Å². The van der Waals surface area contributed by atoms with E-state index in [0.29, 0.717) is 18.8 Å². The lowest BCUT2D eigenvalue weighted by molar-refractivity contribution is -0.143. The molecule has 0 heterocycles. The number of carbonyl (C=O) groups is 1. The highest BCUT2D eigenvalue weighted by Crippen LogP contribution is 2.11. The van der Waals surface area contributed by atoms with Gasteiger partial charge in [-0.15, -0.1) is 0 Å². The number of aliphatic hydroxyl groups excluding tert-OH is 1. The molecule has 138 valence electrons. The molecule has 0 radical (unpaired) electrons. The van der Waals surface area contributed by atoms with Crippen molar-refractivity contribution < 1.29 is 14.6 Å². The number of esters is 1. The van der Waals surface area contributed by atoms with E-state index >= 15 is 0 Å². The van der Waals surface area contributed by atoms with Gasteiger partial charge in [0, 0.05) is 11.5 Å². The zero-order valence-electron chi connectivity index (χ0n) is 15.4. The van der Waals surface area contributed by atoms with Crippen LogP contribution in [0.4, 0.5) is 0 Å². The number of rotatable bonds is 17. The third kappa shape index (κ3) is 18.0. The van der Waals surface area contributed by atoms with E-state index in [4.69, 9.17) is 4.74 Å². The Bertz CT molecular complexity index is 259. The molecular weight excluding hydrogens is 308 g/mol. The fraction of sp³-hybridized carbons (Fsp3) is 0.947. The van der Waals surface area contributed by atoms with Crippen molar-refractivity contribution in [2.75, 3.05) is 18.1 Å². The highest BCUT2D eigenvalue weighted by molar-refractivity contribution is 7.99. The van der Waals surface area contributed by atoms with Gasteiger partial charge in [0.1, 0.15) is 0 Å². The van der Waals surface area contributed by atoms with Gasteiger partial charge in [-0.05, 0) is 12.8 Å². The number of thioether (sulfide) groups is 1. The maximum Gasteiger partial charge on any atom is 0.306 e. The van der Waals surface area contributed by atoms with Gasteiger partial charge in [-0.2, -0.15) is 11.8 Å². The van der Waals surface area contributed by atoms with Gasteiger partial charge in [0.05, 0.1) is 19.1 Å². The standard InChI is InChI=1S/C19H38O3S/c1-3-5-6-7-8-9-10-11-12-13-15-22-19(21)14-16-23-17-18(20)4-2/h18,20H,3-17H2,1-2H3. The molecule has 0 aliphatic rings. The molecule has 0 bridgehead atoms. The molecule has 0 saturated carbocycles. The summed E-state index contributed by atoms with van der Waals surface area (Å²) >= 11 is 1.62. The van der Waals surface area contributed by atoms with Crippen LogP contribution in [0.5, 0.6) is 0 Å². The van der Waals surface area contributed by atoms with Gasteiger partial charge in [0.2, 0.25) is 0 Å². The molecule has 0 rings (SSSR count). The summed E-state index contributed by atoms with van der Waals surface area (Å²) in [6, 6.07) is 0. The lowest BCUT2D eigenvalue weighted by atomic mass is 10.1. The van der Waals surface area contributed by atoms with Gasteiger partial charge < -0.3 is 9.84 Å². The monoisotopic (exact) mass is 346 g/mol. The van der Waals surface area contributed by atoms with Crippen LogP contribution in [0, 0.1) is 0 Å². The van der Waals surface area contributed by atoms with Crippen LogP contribution < -0.4 is 0 Å². The van der Waals surface area contributed by atoms with Crippen molar-refractivity contribution in [3.05, 3.63) is 0 Å². The van der Waals surface area contributed by atoms with Crippen LogP contribution in [0.1, 0.15) is 90.9 Å². The number of ether oxygens (including phenoxy) is 1. The quantitative estimate of drug-likeness (QED) is 0.285. The molecule has 0 aliphatic carbocycles. The summed E-state index contributed by atoms with van der Waals surface area (Å²) in [6.07, 6.45) is 13.9. The van der Waals surface area contributed by atoms with Gasteiger partial charge in [0.25, 0.3) is 0 Å². The Morgan fingerprint density at radius 1 is 0.957 bits per heavy atom. The number of hydrogen-bond acceptors (Lipinski definition) is 4. The zero-order chi connectivity index (χ0) is 17.2. The molecule has 1 atom stereocenters. The minimum absolute atomic E-state index is 0.0978. The molecule has 0 spiro atoms. The number of hydrogen-bond donors (Lipinski definition) is 1. The second-order valence-electron chi connectivity index (χ2n) is 6.29. The minimum atomic E-state index is -0.248. The van der Waals surface area contributed by atoms with E-state index in [0.717, 1.165) is 18.6 Å². The van der Waals surface area contributed by atoms with Crippen LogP contribution in [0.15, 0.2) is 0 Å². The summed E-state index contributed by atoms with van der Waals surface area (Å²) in [7, 11) is 0. The Balaban J connectivity index is 3.17. The average molecular weight is 347 g/mol. The third-order valence-electron chi connectivity index (χ3n) is 3.99. The Morgan fingerprint density at radius 2 is 1.52 bits per heavy atom. The fourth-order valence-electron chi connectivity index (χ4n) is 2.34. The largest absolute Gasteiger partial charge is 0.466 e. The minimum Gasteiger partial charge on any atom is -0.466 e. The first-order valence-corrected chi connectivity index (χ1v) is 10.8. The van der Waals surface area contributed by atoms with Crippen molar-refractivity contribution in [2.45, 2.75) is 97.0 Å². The molecule has 1 N–H and O–H groups in total. The smallest absolute Gasteiger partial charge is 0.306 e. The second kappa shape index (κ2) is 18.1. The molecule has 3 nitrogen and oxygen atoms in total. The molecule has 23 heavy (non-hydrogen) atoms. The van der Waals surface area contributed by atoms with Crippen LogP contribution in [0.3, 0.4) is 0 Å². The highest BCUT2D eigenvalue weighted by Gasteiger charge is 2.05.